The summed E-state index contributed by atoms with van der Waals surface area (Å²) in [7, 11) is 0. The normalized spacial score (nSPS) is 11.4. The van der Waals surface area contributed by atoms with Gasteiger partial charge in [0.1, 0.15) is 0 Å². The Morgan fingerprint density at radius 1 is 0.593 bits per heavy atom. The van der Waals surface area contributed by atoms with Crippen LogP contribution in [0.5, 0.6) is 0 Å². The number of rotatable bonds is 18. The predicted molar refractivity (Wildman–Crippen MR) is 123 cm³/mol. The highest BCUT2D eigenvalue weighted by Crippen LogP contribution is 2.14. The molecule has 0 saturated carbocycles. The molecule has 1 aromatic rings. The molecule has 0 spiro atoms. The maximum Gasteiger partial charge on any atom is 0.0406 e. The lowest BCUT2D eigenvalue weighted by atomic mass is 10.1. The van der Waals surface area contributed by atoms with E-state index in [9.17, 15) is 0 Å². The highest BCUT2D eigenvalue weighted by atomic mass is 35.5. The number of nitrogens with zero attached hydrogens (tertiary/aromatic N) is 1. The molecule has 0 amide bonds. The van der Waals surface area contributed by atoms with Gasteiger partial charge in [-0.3, -0.25) is 4.90 Å². The first-order valence-electron chi connectivity index (χ1n) is 11.7. The van der Waals surface area contributed by atoms with Crippen LogP contribution in [0.15, 0.2) is 24.3 Å². The molecule has 1 aromatic carbocycles. The Labute approximate surface area is 174 Å². The van der Waals surface area contributed by atoms with E-state index in [2.05, 4.69) is 30.9 Å². The van der Waals surface area contributed by atoms with E-state index in [1.807, 2.05) is 12.1 Å². The lowest BCUT2D eigenvalue weighted by Gasteiger charge is -2.22. The zero-order valence-corrected chi connectivity index (χ0v) is 18.9. The van der Waals surface area contributed by atoms with Crippen molar-refractivity contribution in [3.8, 4) is 0 Å². The maximum absolute atomic E-state index is 6.04. The second-order valence-corrected chi connectivity index (χ2v) is 8.58. The minimum absolute atomic E-state index is 0.837. The van der Waals surface area contributed by atoms with Crippen LogP contribution in [0.1, 0.15) is 109 Å². The Hall–Kier alpha value is -0.530. The molecule has 2 heteroatoms. The summed E-state index contributed by atoms with van der Waals surface area (Å²) in [5.41, 5.74) is 1.39. The molecule has 0 heterocycles. The van der Waals surface area contributed by atoms with E-state index in [0.29, 0.717) is 0 Å². The van der Waals surface area contributed by atoms with Gasteiger partial charge in [-0.1, -0.05) is 115 Å². The Kier molecular flexibility index (Phi) is 15.9. The van der Waals surface area contributed by atoms with Gasteiger partial charge in [0.15, 0.2) is 0 Å². The van der Waals surface area contributed by atoms with Gasteiger partial charge in [-0.15, -0.1) is 0 Å². The highest BCUT2D eigenvalue weighted by Gasteiger charge is 2.06. The molecule has 0 aliphatic carbocycles. The first kappa shape index (κ1) is 24.5. The quantitative estimate of drug-likeness (QED) is 0.225. The number of halogens is 1. The molecule has 0 aliphatic rings. The fourth-order valence-corrected chi connectivity index (χ4v) is 3.83. The first-order chi connectivity index (χ1) is 13.3. The number of hydrogen-bond donors (Lipinski definition) is 0. The summed E-state index contributed by atoms with van der Waals surface area (Å²) in [5, 5.41) is 0.837. The van der Waals surface area contributed by atoms with Crippen LogP contribution in [0, 0.1) is 0 Å². The van der Waals surface area contributed by atoms with Gasteiger partial charge in [0.05, 0.1) is 0 Å². The van der Waals surface area contributed by atoms with Crippen molar-refractivity contribution >= 4 is 11.6 Å². The van der Waals surface area contributed by atoms with Crippen LogP contribution in [0.2, 0.25) is 5.02 Å². The predicted octanol–water partition coefficient (Wildman–Crippen LogP) is 8.64. The van der Waals surface area contributed by atoms with E-state index >= 15 is 0 Å². The Morgan fingerprint density at radius 2 is 1.00 bits per heavy atom. The van der Waals surface area contributed by atoms with Crippen LogP contribution in [0.25, 0.3) is 0 Å². The topological polar surface area (TPSA) is 3.24 Å². The van der Waals surface area contributed by atoms with Crippen molar-refractivity contribution < 1.29 is 0 Å². The third kappa shape index (κ3) is 14.2. The van der Waals surface area contributed by atoms with Crippen molar-refractivity contribution in [2.24, 2.45) is 0 Å². The van der Waals surface area contributed by atoms with E-state index in [1.165, 1.54) is 109 Å². The molecule has 27 heavy (non-hydrogen) atoms. The van der Waals surface area contributed by atoms with Crippen LogP contribution < -0.4 is 0 Å². The van der Waals surface area contributed by atoms with E-state index in [4.69, 9.17) is 11.6 Å². The van der Waals surface area contributed by atoms with E-state index in [-0.39, 0.29) is 0 Å². The van der Waals surface area contributed by atoms with Crippen molar-refractivity contribution in [1.29, 1.82) is 0 Å². The lowest BCUT2D eigenvalue weighted by molar-refractivity contribution is 0.252. The molecule has 0 atom stereocenters. The highest BCUT2D eigenvalue weighted by molar-refractivity contribution is 6.30. The van der Waals surface area contributed by atoms with Crippen LogP contribution in [-0.4, -0.2) is 18.0 Å². The summed E-state index contributed by atoms with van der Waals surface area (Å²) in [6.07, 6.45) is 19.4. The van der Waals surface area contributed by atoms with E-state index < -0.39 is 0 Å². The lowest BCUT2D eigenvalue weighted by Crippen LogP contribution is -2.25. The van der Waals surface area contributed by atoms with Gasteiger partial charge < -0.3 is 0 Å². The van der Waals surface area contributed by atoms with Gasteiger partial charge in [-0.25, -0.2) is 0 Å². The minimum Gasteiger partial charge on any atom is -0.299 e. The fourth-order valence-electron chi connectivity index (χ4n) is 3.70. The SMILES string of the molecule is CCCCCCCCCN(CCCCCCCCC)Cc1ccc(Cl)cc1. The molecule has 0 fully saturated rings. The van der Waals surface area contributed by atoms with Crippen molar-refractivity contribution in [1.82, 2.24) is 4.90 Å². The molecule has 0 aromatic heterocycles. The summed E-state index contributed by atoms with van der Waals surface area (Å²) in [6.45, 7) is 8.14. The van der Waals surface area contributed by atoms with Crippen molar-refractivity contribution in [3.63, 3.8) is 0 Å². The largest absolute Gasteiger partial charge is 0.299 e. The van der Waals surface area contributed by atoms with Crippen molar-refractivity contribution in [2.75, 3.05) is 13.1 Å². The summed E-state index contributed by atoms with van der Waals surface area (Å²) >= 11 is 6.04. The first-order valence-corrected chi connectivity index (χ1v) is 12.1. The zero-order chi connectivity index (χ0) is 19.6. The van der Waals surface area contributed by atoms with Gasteiger partial charge in [-0.05, 0) is 43.6 Å². The molecule has 0 unspecified atom stereocenters. The molecular weight excluding hydrogens is 350 g/mol. The standard InChI is InChI=1S/C25H44ClN/c1-3-5-7-9-11-13-15-21-27(22-16-14-12-10-8-6-4-2)23-24-17-19-25(26)20-18-24/h17-20H,3-16,21-23H2,1-2H3. The maximum atomic E-state index is 6.04. The molecule has 0 aliphatic heterocycles. The van der Waals surface area contributed by atoms with Gasteiger partial charge in [-0.2, -0.15) is 0 Å². The molecule has 156 valence electrons. The third-order valence-electron chi connectivity index (χ3n) is 5.48. The van der Waals surface area contributed by atoms with Crippen molar-refractivity contribution in [3.05, 3.63) is 34.9 Å². The monoisotopic (exact) mass is 393 g/mol. The summed E-state index contributed by atoms with van der Waals surface area (Å²) < 4.78 is 0. The van der Waals surface area contributed by atoms with Crippen LogP contribution >= 0.6 is 11.6 Å². The summed E-state index contributed by atoms with van der Waals surface area (Å²) in [6, 6.07) is 8.42. The second kappa shape index (κ2) is 17.6. The number of unbranched alkanes of at least 4 members (excludes halogenated alkanes) is 12. The minimum atomic E-state index is 0.837. The molecule has 1 rings (SSSR count). The Balaban J connectivity index is 2.27. The number of benzene rings is 1. The van der Waals surface area contributed by atoms with Gasteiger partial charge in [0.25, 0.3) is 0 Å². The molecule has 0 bridgehead atoms. The van der Waals surface area contributed by atoms with Crippen LogP contribution in [-0.2, 0) is 6.54 Å². The molecular formula is C25H44ClN. The Morgan fingerprint density at radius 3 is 1.44 bits per heavy atom. The third-order valence-corrected chi connectivity index (χ3v) is 5.73. The smallest absolute Gasteiger partial charge is 0.0406 e. The molecule has 0 radical (unpaired) electrons. The van der Waals surface area contributed by atoms with Crippen molar-refractivity contribution in [2.45, 2.75) is 110 Å². The summed E-state index contributed by atoms with van der Waals surface area (Å²) in [5.74, 6) is 0. The average molecular weight is 394 g/mol. The number of hydrogen-bond acceptors (Lipinski definition) is 1. The van der Waals surface area contributed by atoms with Crippen LogP contribution in [0.4, 0.5) is 0 Å². The van der Waals surface area contributed by atoms with Gasteiger partial charge in [0, 0.05) is 11.6 Å². The van der Waals surface area contributed by atoms with E-state index in [0.717, 1.165) is 11.6 Å². The molecule has 0 saturated heterocycles. The summed E-state index contributed by atoms with van der Waals surface area (Å²) in [4.78, 5) is 2.67. The van der Waals surface area contributed by atoms with E-state index in [1.54, 1.807) is 0 Å². The van der Waals surface area contributed by atoms with Gasteiger partial charge in [0.2, 0.25) is 0 Å². The zero-order valence-electron chi connectivity index (χ0n) is 18.2. The fraction of sp³-hybridized carbons (Fsp3) is 0.760. The van der Waals surface area contributed by atoms with Gasteiger partial charge >= 0.3 is 0 Å². The second-order valence-electron chi connectivity index (χ2n) is 8.15. The molecule has 1 nitrogen and oxygen atoms in total. The average Bonchev–Trinajstić information content (AvgIpc) is 2.68. The Bertz CT molecular complexity index is 410. The molecule has 0 N–H and O–H groups in total. The van der Waals surface area contributed by atoms with Crippen LogP contribution in [0.3, 0.4) is 0 Å².